The number of likely N-dealkylation sites (tertiary alicyclic amines) is 2. The molecular weight excluding hydrogens is 777 g/mol. The molecule has 0 radical (unpaired) electrons. The second kappa shape index (κ2) is 16.4. The molecule has 322 valence electrons. The topological polar surface area (TPSA) is 184 Å². The zero-order valence-electron chi connectivity index (χ0n) is 36.2. The highest BCUT2D eigenvalue weighted by Crippen LogP contribution is 2.44. The number of hydrogen-bond donors (Lipinski definition) is 4. The second-order valence-corrected chi connectivity index (χ2v) is 17.4. The number of fused-ring (bicyclic) bond motifs is 6. The van der Waals surface area contributed by atoms with Crippen LogP contribution in [0.25, 0.3) is 44.2 Å². The van der Waals surface area contributed by atoms with Gasteiger partial charge >= 0.3 is 12.2 Å². The largest absolute Gasteiger partial charge is 0.488 e. The average Bonchev–Trinajstić information content (AvgIpc) is 4.09. The van der Waals surface area contributed by atoms with Crippen LogP contribution in [0.5, 0.6) is 5.75 Å². The number of carbonyl (C=O) groups is 4. The molecule has 6 atom stereocenters. The Bertz CT molecular complexity index is 2510. The first-order chi connectivity index (χ1) is 29.3. The van der Waals surface area contributed by atoms with Gasteiger partial charge in [0.15, 0.2) is 0 Å². The maximum atomic E-state index is 14.3. The van der Waals surface area contributed by atoms with Crippen molar-refractivity contribution in [1.82, 2.24) is 40.4 Å². The fourth-order valence-electron chi connectivity index (χ4n) is 9.44. The summed E-state index contributed by atoms with van der Waals surface area (Å²) >= 11 is 0. The van der Waals surface area contributed by atoms with Crippen molar-refractivity contribution in [1.29, 1.82) is 0 Å². The number of imidazole rings is 2. The molecule has 0 bridgehead atoms. The molecule has 0 aliphatic carbocycles. The van der Waals surface area contributed by atoms with Gasteiger partial charge in [0.25, 0.3) is 0 Å². The first kappa shape index (κ1) is 41.6. The van der Waals surface area contributed by atoms with E-state index >= 15 is 0 Å². The summed E-state index contributed by atoms with van der Waals surface area (Å²) in [4.78, 5) is 72.8. The smallest absolute Gasteiger partial charge is 0.407 e. The minimum Gasteiger partial charge on any atom is -0.488 e. The number of amides is 4. The zero-order chi connectivity index (χ0) is 43.3. The van der Waals surface area contributed by atoms with E-state index in [1.165, 1.54) is 14.2 Å². The van der Waals surface area contributed by atoms with Crippen LogP contribution in [-0.2, 0) is 25.7 Å². The lowest BCUT2D eigenvalue weighted by molar-refractivity contribution is -0.139. The summed E-state index contributed by atoms with van der Waals surface area (Å²) in [6, 6.07) is 12.6. The van der Waals surface area contributed by atoms with Gasteiger partial charge in [-0.3, -0.25) is 9.59 Å². The lowest BCUT2D eigenvalue weighted by Crippen LogP contribution is -2.56. The molecule has 15 heteroatoms. The van der Waals surface area contributed by atoms with Crippen LogP contribution in [0, 0.1) is 5.41 Å². The molecule has 3 aliphatic rings. The zero-order valence-corrected chi connectivity index (χ0v) is 36.2. The van der Waals surface area contributed by atoms with E-state index in [-0.39, 0.29) is 36.0 Å². The Morgan fingerprint density at radius 2 is 1.62 bits per heavy atom. The highest BCUT2D eigenvalue weighted by molar-refractivity contribution is 6.07. The summed E-state index contributed by atoms with van der Waals surface area (Å²) < 4.78 is 16.1. The predicted octanol–water partition coefficient (Wildman–Crippen LogP) is 8.07. The van der Waals surface area contributed by atoms with Gasteiger partial charge in [0.1, 0.15) is 36.1 Å². The van der Waals surface area contributed by atoms with Crippen molar-refractivity contribution in [2.75, 3.05) is 14.2 Å². The number of ether oxygens (including phenoxy) is 3. The molecule has 4 amide bonds. The minimum absolute atomic E-state index is 0.0395. The van der Waals surface area contributed by atoms with Gasteiger partial charge in [0.05, 0.1) is 49.2 Å². The first-order valence-corrected chi connectivity index (χ1v) is 21.4. The summed E-state index contributed by atoms with van der Waals surface area (Å²) in [5, 5.41) is 7.44. The molecular formula is C46H56N8O7. The minimum atomic E-state index is -0.764. The normalized spacial score (nSPS) is 20.8. The first-order valence-electron chi connectivity index (χ1n) is 21.4. The molecule has 2 aromatic heterocycles. The Labute approximate surface area is 355 Å². The van der Waals surface area contributed by atoms with Crippen LogP contribution < -0.4 is 15.4 Å². The van der Waals surface area contributed by atoms with Gasteiger partial charge < -0.3 is 44.6 Å². The van der Waals surface area contributed by atoms with Crippen molar-refractivity contribution < 1.29 is 33.4 Å². The van der Waals surface area contributed by atoms with E-state index in [4.69, 9.17) is 24.2 Å². The summed E-state index contributed by atoms with van der Waals surface area (Å²) in [6.45, 7) is 12.2. The molecule has 61 heavy (non-hydrogen) atoms. The SMILES string of the molecule is CC[C@H]1CC[C@@H](c2ncc(-c3ccc4c(c3)COc3cc5c(ccc6nc([C@@H]7CC[C@H](C)N7C(=O)[C@@H](NC(=O)OC)C(C)(C)CC)[nH]c65)cc3-4)[nH]2)N1C(=O)[C@H](C)NC(=O)OC. The number of nitrogens with zero attached hydrogens (tertiary/aromatic N) is 4. The molecule has 0 unspecified atom stereocenters. The summed E-state index contributed by atoms with van der Waals surface area (Å²) in [7, 11) is 2.59. The third-order valence-electron chi connectivity index (χ3n) is 13.3. The lowest BCUT2D eigenvalue weighted by Gasteiger charge is -2.38. The summed E-state index contributed by atoms with van der Waals surface area (Å²) in [5.74, 6) is 1.89. The number of H-pyrrole nitrogens is 2. The van der Waals surface area contributed by atoms with E-state index in [0.29, 0.717) is 24.7 Å². The Hall–Kier alpha value is -6.12. The number of methoxy groups -OCH3 is 2. The fraction of sp³-hybridized carbons (Fsp3) is 0.478. The number of nitrogens with one attached hydrogen (secondary N) is 4. The molecule has 15 nitrogen and oxygen atoms in total. The Morgan fingerprint density at radius 3 is 2.36 bits per heavy atom. The number of alkyl carbamates (subject to hydrolysis) is 2. The van der Waals surface area contributed by atoms with Gasteiger partial charge in [-0.2, -0.15) is 0 Å². The molecule has 4 N–H and O–H groups in total. The second-order valence-electron chi connectivity index (χ2n) is 17.4. The van der Waals surface area contributed by atoms with Crippen molar-refractivity contribution in [2.45, 2.75) is 123 Å². The van der Waals surface area contributed by atoms with Crippen molar-refractivity contribution >= 4 is 45.8 Å². The van der Waals surface area contributed by atoms with Gasteiger partial charge in [0.2, 0.25) is 11.8 Å². The Balaban J connectivity index is 1.05. The van der Waals surface area contributed by atoms with E-state index < -0.39 is 29.7 Å². The van der Waals surface area contributed by atoms with Crippen LogP contribution in [-0.4, -0.2) is 92.1 Å². The van der Waals surface area contributed by atoms with Crippen molar-refractivity contribution in [2.24, 2.45) is 5.41 Å². The van der Waals surface area contributed by atoms with Crippen LogP contribution in [0.4, 0.5) is 9.59 Å². The van der Waals surface area contributed by atoms with Gasteiger partial charge in [0, 0.05) is 23.0 Å². The molecule has 0 spiro atoms. The number of carbonyl (C=O) groups excluding carboxylic acids is 4. The molecule has 5 aromatic rings. The molecule has 2 fully saturated rings. The van der Waals surface area contributed by atoms with E-state index in [1.54, 1.807) is 6.92 Å². The van der Waals surface area contributed by atoms with Crippen LogP contribution in [0.3, 0.4) is 0 Å². The van der Waals surface area contributed by atoms with Gasteiger partial charge in [-0.15, -0.1) is 0 Å². The maximum Gasteiger partial charge on any atom is 0.407 e. The van der Waals surface area contributed by atoms with Crippen LogP contribution in [0.1, 0.15) is 109 Å². The highest BCUT2D eigenvalue weighted by Gasteiger charge is 2.45. The number of hydrogen-bond acceptors (Lipinski definition) is 9. The van der Waals surface area contributed by atoms with Gasteiger partial charge in [-0.1, -0.05) is 45.9 Å². The third kappa shape index (κ3) is 7.52. The highest BCUT2D eigenvalue weighted by atomic mass is 16.5. The van der Waals surface area contributed by atoms with Crippen LogP contribution >= 0.6 is 0 Å². The Morgan fingerprint density at radius 1 is 0.885 bits per heavy atom. The average molecular weight is 833 g/mol. The standard InChI is InChI=1S/C46H56N8O7/c1-9-29-14-18-35(54(29)42(55)25(4)48-44(57)59-7)40-47-22-34(50-40)27-12-15-30-28(19-27)23-61-37-21-31-26(20-32(30)37)13-16-33-38(31)51-41(49-33)36-17-11-24(3)53(36)43(56)39(46(5,6)10-2)52-45(58)60-8/h12-13,15-16,19-22,24-25,29,35-36,39H,9-11,14,17-18,23H2,1-8H3,(H,47,50)(H,48,57)(H,49,51)(H,52,58)/t24-,25-,29-,35-,36-,39+/m0/s1. The van der Waals surface area contributed by atoms with E-state index in [0.717, 1.165) is 87.6 Å². The molecule has 5 heterocycles. The van der Waals surface area contributed by atoms with Crippen LogP contribution in [0.2, 0.25) is 0 Å². The fourth-order valence-corrected chi connectivity index (χ4v) is 9.44. The van der Waals surface area contributed by atoms with Gasteiger partial charge in [-0.05, 0) is 104 Å². The summed E-state index contributed by atoms with van der Waals surface area (Å²) in [6.07, 6.45) is 5.20. The third-order valence-corrected chi connectivity index (χ3v) is 13.3. The molecule has 3 aliphatic heterocycles. The maximum absolute atomic E-state index is 14.3. The summed E-state index contributed by atoms with van der Waals surface area (Å²) in [5.41, 5.74) is 6.10. The Kier molecular flexibility index (Phi) is 11.2. The molecule has 0 saturated carbocycles. The number of aromatic nitrogens is 4. The molecule has 8 rings (SSSR count). The van der Waals surface area contributed by atoms with E-state index in [2.05, 4.69) is 63.9 Å². The molecule has 2 saturated heterocycles. The van der Waals surface area contributed by atoms with Crippen molar-refractivity contribution in [3.8, 4) is 28.1 Å². The van der Waals surface area contributed by atoms with Crippen molar-refractivity contribution in [3.63, 3.8) is 0 Å². The molecule has 3 aromatic carbocycles. The van der Waals surface area contributed by atoms with E-state index in [1.807, 2.05) is 49.8 Å². The predicted molar refractivity (Wildman–Crippen MR) is 231 cm³/mol. The quantitative estimate of drug-likeness (QED) is 0.108. The number of benzene rings is 3. The van der Waals surface area contributed by atoms with E-state index in [9.17, 15) is 19.2 Å². The van der Waals surface area contributed by atoms with Crippen molar-refractivity contribution in [3.05, 3.63) is 65.9 Å². The number of aromatic amines is 2. The lowest BCUT2D eigenvalue weighted by atomic mass is 9.81. The monoisotopic (exact) mass is 832 g/mol. The van der Waals surface area contributed by atoms with Crippen LogP contribution in [0.15, 0.2) is 48.7 Å². The number of rotatable bonds is 10. The van der Waals surface area contributed by atoms with Gasteiger partial charge in [-0.25, -0.2) is 19.6 Å².